The molecule has 45 heavy (non-hydrogen) atoms. The summed E-state index contributed by atoms with van der Waals surface area (Å²) in [6.07, 6.45) is 5.99. The van der Waals surface area contributed by atoms with Crippen molar-refractivity contribution >= 4 is 44.7 Å². The molecule has 4 heterocycles. The molecule has 1 amide bonds. The number of ether oxygens (including phenoxy) is 1. The first-order valence-electron chi connectivity index (χ1n) is 15.3. The molecule has 1 N–H and O–H groups in total. The van der Waals surface area contributed by atoms with Crippen molar-refractivity contribution in [1.82, 2.24) is 9.29 Å². The predicted molar refractivity (Wildman–Crippen MR) is 170 cm³/mol. The summed E-state index contributed by atoms with van der Waals surface area (Å²) in [6.45, 7) is 4.88. The molecule has 3 aliphatic rings. The number of halogens is 1. The fourth-order valence-corrected chi connectivity index (χ4v) is 9.18. The van der Waals surface area contributed by atoms with Crippen molar-refractivity contribution in [3.63, 3.8) is 0 Å². The molecule has 3 atom stereocenters. The SMILES string of the molecule is C[C@@H]1CN(c2ccc(S(=O)(=O)N3CC(=O)N(c4cc(-c5ccc(F)cc5)sc4C(=O)O)[C@H](C4CCCCC4)C3)cn2)C[C@H](C)O1. The van der Waals surface area contributed by atoms with E-state index in [1.165, 1.54) is 33.6 Å². The summed E-state index contributed by atoms with van der Waals surface area (Å²) in [5.74, 6) is -1.40. The molecule has 1 aliphatic carbocycles. The zero-order valence-corrected chi connectivity index (χ0v) is 26.9. The third kappa shape index (κ3) is 6.49. The number of anilines is 2. The standard InChI is InChI=1S/C32H37FN4O6S2/c1-20-16-35(17-21(2)43-20)29-13-12-25(15-34-29)45(41,42)36-18-27(22-6-4-3-5-7-22)37(30(38)19-36)26-14-28(44-31(26)32(39)40)23-8-10-24(33)11-9-23/h8-15,20-22,27H,3-7,16-19H2,1-2H3,(H,39,40)/t20-,21+,27-/m0/s1. The van der Waals surface area contributed by atoms with E-state index in [4.69, 9.17) is 4.74 Å². The average Bonchev–Trinajstić information content (AvgIpc) is 3.46. The van der Waals surface area contributed by atoms with Gasteiger partial charge in [-0.1, -0.05) is 31.4 Å². The van der Waals surface area contributed by atoms with Crippen molar-refractivity contribution in [2.75, 3.05) is 36.0 Å². The number of rotatable bonds is 7. The Kier molecular flexibility index (Phi) is 8.97. The van der Waals surface area contributed by atoms with Crippen LogP contribution in [-0.4, -0.2) is 79.1 Å². The summed E-state index contributed by atoms with van der Waals surface area (Å²) in [4.78, 5) is 35.0. The van der Waals surface area contributed by atoms with Crippen LogP contribution >= 0.6 is 11.3 Å². The van der Waals surface area contributed by atoms with E-state index < -0.39 is 40.3 Å². The van der Waals surface area contributed by atoms with E-state index >= 15 is 0 Å². The minimum atomic E-state index is -4.08. The number of carboxylic acids is 1. The van der Waals surface area contributed by atoms with Gasteiger partial charge in [-0.25, -0.2) is 22.6 Å². The number of sulfonamides is 1. The lowest BCUT2D eigenvalue weighted by atomic mass is 9.82. The number of benzene rings is 1. The zero-order valence-electron chi connectivity index (χ0n) is 25.3. The Balaban J connectivity index is 1.31. The number of piperazine rings is 1. The van der Waals surface area contributed by atoms with Gasteiger partial charge >= 0.3 is 5.97 Å². The van der Waals surface area contributed by atoms with Crippen LogP contribution < -0.4 is 9.80 Å². The first-order valence-corrected chi connectivity index (χ1v) is 17.6. The number of pyridine rings is 1. The van der Waals surface area contributed by atoms with Crippen molar-refractivity contribution in [1.29, 1.82) is 0 Å². The van der Waals surface area contributed by atoms with Gasteiger partial charge in [0.25, 0.3) is 0 Å². The first-order chi connectivity index (χ1) is 21.5. The Morgan fingerprint density at radius 2 is 1.71 bits per heavy atom. The molecule has 2 saturated heterocycles. The number of carboxylic acid groups (broad SMARTS) is 1. The molecule has 0 radical (unpaired) electrons. The van der Waals surface area contributed by atoms with E-state index in [1.54, 1.807) is 24.3 Å². The quantitative estimate of drug-likeness (QED) is 0.367. The zero-order chi connectivity index (χ0) is 31.9. The number of aromatic nitrogens is 1. The maximum absolute atomic E-state index is 14.0. The van der Waals surface area contributed by atoms with Gasteiger partial charge in [0.05, 0.1) is 30.5 Å². The number of aromatic carboxylic acids is 1. The molecule has 10 nitrogen and oxygen atoms in total. The van der Waals surface area contributed by atoms with Crippen molar-refractivity contribution in [3.05, 3.63) is 59.4 Å². The minimum absolute atomic E-state index is 0.00215. The molecular weight excluding hydrogens is 620 g/mol. The highest BCUT2D eigenvalue weighted by Crippen LogP contribution is 2.42. The van der Waals surface area contributed by atoms with Crippen LogP contribution in [0.2, 0.25) is 0 Å². The maximum atomic E-state index is 14.0. The second kappa shape index (κ2) is 12.8. The summed E-state index contributed by atoms with van der Waals surface area (Å²) in [7, 11) is -4.08. The Bertz CT molecular complexity index is 1650. The lowest BCUT2D eigenvalue weighted by molar-refractivity contribution is -0.121. The largest absolute Gasteiger partial charge is 0.477 e. The summed E-state index contributed by atoms with van der Waals surface area (Å²) < 4.78 is 48.5. The Labute approximate surface area is 266 Å². The smallest absolute Gasteiger partial charge is 0.348 e. The van der Waals surface area contributed by atoms with Gasteiger partial charge in [0.1, 0.15) is 21.4 Å². The molecule has 0 bridgehead atoms. The normalized spacial score (nSPS) is 23.8. The number of hydrogen-bond donors (Lipinski definition) is 1. The van der Waals surface area contributed by atoms with Gasteiger partial charge in [-0.15, -0.1) is 11.3 Å². The number of hydrogen-bond acceptors (Lipinski definition) is 8. The molecule has 3 fully saturated rings. The van der Waals surface area contributed by atoms with Crippen molar-refractivity contribution in [3.8, 4) is 10.4 Å². The molecule has 1 saturated carbocycles. The molecule has 13 heteroatoms. The lowest BCUT2D eigenvalue weighted by Gasteiger charge is -2.44. The Hall–Kier alpha value is -3.39. The molecule has 3 aromatic rings. The van der Waals surface area contributed by atoms with E-state index in [-0.39, 0.29) is 40.1 Å². The van der Waals surface area contributed by atoms with Gasteiger partial charge in [-0.2, -0.15) is 4.31 Å². The van der Waals surface area contributed by atoms with Crippen molar-refractivity contribution < 1.29 is 32.2 Å². The molecule has 1 aromatic carbocycles. The van der Waals surface area contributed by atoms with Gasteiger partial charge < -0.3 is 19.6 Å². The van der Waals surface area contributed by atoms with Crippen molar-refractivity contribution in [2.24, 2.45) is 5.92 Å². The average molecular weight is 657 g/mol. The maximum Gasteiger partial charge on any atom is 0.348 e. The van der Waals surface area contributed by atoms with Crippen LogP contribution in [0.15, 0.2) is 53.6 Å². The van der Waals surface area contributed by atoms with Crippen LogP contribution in [0, 0.1) is 11.7 Å². The second-order valence-corrected chi connectivity index (χ2v) is 15.2. The lowest BCUT2D eigenvalue weighted by Crippen LogP contribution is -2.60. The molecule has 0 unspecified atom stereocenters. The Morgan fingerprint density at radius 3 is 2.33 bits per heavy atom. The van der Waals surface area contributed by atoms with Gasteiger partial charge in [0, 0.05) is 30.7 Å². The third-order valence-electron chi connectivity index (χ3n) is 8.89. The van der Waals surface area contributed by atoms with Gasteiger partial charge in [0.2, 0.25) is 15.9 Å². The number of nitrogens with zero attached hydrogens (tertiary/aromatic N) is 4. The van der Waals surface area contributed by atoms with Crippen LogP contribution in [0.1, 0.15) is 55.6 Å². The van der Waals surface area contributed by atoms with Gasteiger partial charge in [-0.3, -0.25) is 4.79 Å². The van der Waals surface area contributed by atoms with E-state index in [2.05, 4.69) is 9.88 Å². The summed E-state index contributed by atoms with van der Waals surface area (Å²) >= 11 is 1.02. The minimum Gasteiger partial charge on any atom is -0.477 e. The molecule has 2 aromatic heterocycles. The van der Waals surface area contributed by atoms with Crippen LogP contribution in [0.3, 0.4) is 0 Å². The number of thiophene rings is 1. The topological polar surface area (TPSA) is 120 Å². The van der Waals surface area contributed by atoms with Gasteiger partial charge in [-0.05, 0) is 68.5 Å². The monoisotopic (exact) mass is 656 g/mol. The first kappa shape index (κ1) is 31.6. The molecule has 0 spiro atoms. The number of carbonyl (C=O) groups excluding carboxylic acids is 1. The third-order valence-corrected chi connectivity index (χ3v) is 11.9. The molecule has 6 rings (SSSR count). The highest BCUT2D eigenvalue weighted by molar-refractivity contribution is 7.89. The van der Waals surface area contributed by atoms with Crippen LogP contribution in [0.4, 0.5) is 15.9 Å². The number of amides is 1. The molecule has 240 valence electrons. The number of morpholine rings is 1. The molecular formula is C32H37FN4O6S2. The van der Waals surface area contributed by atoms with E-state index in [0.717, 1.165) is 43.4 Å². The molecule has 2 aliphatic heterocycles. The summed E-state index contributed by atoms with van der Waals surface area (Å²) in [6, 6.07) is 10.1. The Morgan fingerprint density at radius 1 is 1.02 bits per heavy atom. The number of carbonyl (C=O) groups is 2. The van der Waals surface area contributed by atoms with Crippen LogP contribution in [0.25, 0.3) is 10.4 Å². The summed E-state index contributed by atoms with van der Waals surface area (Å²) in [5.41, 5.74) is 0.888. The van der Waals surface area contributed by atoms with Crippen LogP contribution in [0.5, 0.6) is 0 Å². The second-order valence-electron chi connectivity index (χ2n) is 12.2. The van der Waals surface area contributed by atoms with Gasteiger partial charge in [0.15, 0.2) is 0 Å². The highest BCUT2D eigenvalue weighted by atomic mass is 32.2. The van der Waals surface area contributed by atoms with Crippen molar-refractivity contribution in [2.45, 2.75) is 69.1 Å². The fourth-order valence-electron chi connectivity index (χ4n) is 6.84. The van der Waals surface area contributed by atoms with E-state index in [9.17, 15) is 27.5 Å². The van der Waals surface area contributed by atoms with E-state index in [1.807, 2.05) is 13.8 Å². The van der Waals surface area contributed by atoms with Crippen LogP contribution in [-0.2, 0) is 19.6 Å². The highest BCUT2D eigenvalue weighted by Gasteiger charge is 2.44. The van der Waals surface area contributed by atoms with E-state index in [0.29, 0.717) is 29.3 Å². The summed E-state index contributed by atoms with van der Waals surface area (Å²) in [5, 5.41) is 10.1. The fraction of sp³-hybridized carbons (Fsp3) is 0.469. The predicted octanol–water partition coefficient (Wildman–Crippen LogP) is 5.25.